The number of alkyl carbamates (subject to hydrolysis) is 1. The monoisotopic (exact) mass is 530 g/mol. The molecular formula is C31H35FN4O3. The van der Waals surface area contributed by atoms with Gasteiger partial charge < -0.3 is 20.4 Å². The van der Waals surface area contributed by atoms with Crippen molar-refractivity contribution in [3.63, 3.8) is 0 Å². The molecule has 0 saturated heterocycles. The summed E-state index contributed by atoms with van der Waals surface area (Å²) in [5.41, 5.74) is 3.97. The number of fused-ring (bicyclic) bond motifs is 1. The summed E-state index contributed by atoms with van der Waals surface area (Å²) >= 11 is 0. The third kappa shape index (κ3) is 7.22. The molecule has 4 aromatic rings. The Balaban J connectivity index is 1.62. The molecule has 7 nitrogen and oxygen atoms in total. The summed E-state index contributed by atoms with van der Waals surface area (Å²) in [5, 5.41) is 6.78. The normalized spacial score (nSPS) is 12.2. The minimum atomic E-state index is -0.612. The van der Waals surface area contributed by atoms with Crippen LogP contribution >= 0.6 is 0 Å². The molecule has 2 aromatic carbocycles. The van der Waals surface area contributed by atoms with Crippen LogP contribution in [-0.4, -0.2) is 40.2 Å². The highest BCUT2D eigenvalue weighted by Gasteiger charge is 2.23. The van der Waals surface area contributed by atoms with Crippen LogP contribution in [-0.2, 0) is 4.74 Å². The molecule has 4 rings (SSSR count). The molecule has 8 heteroatoms. The Morgan fingerprint density at radius 1 is 1.00 bits per heavy atom. The molecule has 1 atom stereocenters. The molecule has 0 radical (unpaired) electrons. The summed E-state index contributed by atoms with van der Waals surface area (Å²) in [4.78, 5) is 33.4. The zero-order valence-corrected chi connectivity index (χ0v) is 22.8. The molecule has 0 fully saturated rings. The van der Waals surface area contributed by atoms with Gasteiger partial charge in [-0.2, -0.15) is 0 Å². The predicted molar refractivity (Wildman–Crippen MR) is 152 cm³/mol. The first kappa shape index (κ1) is 27.8. The number of hydrogen-bond donors (Lipinski definition) is 3. The summed E-state index contributed by atoms with van der Waals surface area (Å²) in [7, 11) is 0. The van der Waals surface area contributed by atoms with Crippen LogP contribution in [0.2, 0.25) is 0 Å². The van der Waals surface area contributed by atoms with Crippen molar-refractivity contribution in [3.8, 4) is 22.3 Å². The van der Waals surface area contributed by atoms with Crippen LogP contribution in [0.3, 0.4) is 0 Å². The largest absolute Gasteiger partial charge is 0.444 e. The van der Waals surface area contributed by atoms with Crippen LogP contribution < -0.4 is 10.6 Å². The average molecular weight is 531 g/mol. The van der Waals surface area contributed by atoms with E-state index in [1.54, 1.807) is 24.5 Å². The quantitative estimate of drug-likeness (QED) is 0.221. The Morgan fingerprint density at radius 2 is 1.69 bits per heavy atom. The van der Waals surface area contributed by atoms with E-state index < -0.39 is 11.7 Å². The molecule has 2 aromatic heterocycles. The number of pyridine rings is 1. The van der Waals surface area contributed by atoms with Gasteiger partial charge in [0.15, 0.2) is 0 Å². The topological polar surface area (TPSA) is 96.1 Å². The van der Waals surface area contributed by atoms with E-state index in [9.17, 15) is 14.0 Å². The van der Waals surface area contributed by atoms with Gasteiger partial charge in [-0.3, -0.25) is 9.78 Å². The molecule has 0 spiro atoms. The number of aromatic nitrogens is 2. The van der Waals surface area contributed by atoms with Gasteiger partial charge in [0.1, 0.15) is 17.1 Å². The van der Waals surface area contributed by atoms with Crippen LogP contribution in [0.15, 0.2) is 67.0 Å². The van der Waals surface area contributed by atoms with Crippen molar-refractivity contribution in [3.05, 3.63) is 78.5 Å². The molecule has 0 aliphatic rings. The van der Waals surface area contributed by atoms with Gasteiger partial charge in [0.05, 0.1) is 0 Å². The fourth-order valence-electron chi connectivity index (χ4n) is 4.46. The number of amides is 2. The number of carbonyl (C=O) groups excluding carboxylic acids is 2. The summed E-state index contributed by atoms with van der Waals surface area (Å²) in [6.45, 7) is 7.77. The molecule has 0 aliphatic heterocycles. The van der Waals surface area contributed by atoms with Gasteiger partial charge in [0, 0.05) is 41.4 Å². The molecule has 0 saturated carbocycles. The fourth-order valence-corrected chi connectivity index (χ4v) is 4.46. The van der Waals surface area contributed by atoms with Gasteiger partial charge in [-0.05, 0) is 74.2 Å². The fraction of sp³-hybridized carbons (Fsp3) is 0.323. The highest BCUT2D eigenvalue weighted by Crippen LogP contribution is 2.34. The van der Waals surface area contributed by atoms with Gasteiger partial charge in [0.25, 0.3) is 5.91 Å². The first-order valence-corrected chi connectivity index (χ1v) is 13.2. The number of nitrogens with one attached hydrogen (secondary N) is 3. The van der Waals surface area contributed by atoms with Gasteiger partial charge in [-0.25, -0.2) is 9.18 Å². The van der Waals surface area contributed by atoms with Crippen molar-refractivity contribution in [2.75, 3.05) is 6.54 Å². The number of hydrogen-bond acceptors (Lipinski definition) is 4. The number of unbranched alkanes of at least 4 members (excludes halogenated alkanes) is 1. The summed E-state index contributed by atoms with van der Waals surface area (Å²) in [5.74, 6) is -0.578. The third-order valence-corrected chi connectivity index (χ3v) is 6.31. The van der Waals surface area contributed by atoms with Crippen molar-refractivity contribution in [1.29, 1.82) is 0 Å². The number of halogens is 1. The first-order valence-electron chi connectivity index (χ1n) is 13.2. The molecule has 3 N–H and O–H groups in total. The van der Waals surface area contributed by atoms with Crippen molar-refractivity contribution >= 4 is 22.9 Å². The average Bonchev–Trinajstić information content (AvgIpc) is 3.29. The lowest BCUT2D eigenvalue weighted by molar-refractivity contribution is 0.0498. The molecule has 2 heterocycles. The standard InChI is InChI=1S/C31H35FN4O3/c1-5-6-7-24(35-30(38)39-31(2,3)4)19-34-29(37)28-27(21-14-16-33-17-15-21)25-13-10-22(18-26(25)36-28)20-8-11-23(32)12-9-20/h8-18,24,36H,5-7,19H2,1-4H3,(H,34,37)(H,35,38)/t24-/m0/s1. The van der Waals surface area contributed by atoms with Crippen molar-refractivity contribution in [1.82, 2.24) is 20.6 Å². The maximum atomic E-state index is 13.6. The minimum Gasteiger partial charge on any atom is -0.444 e. The van der Waals surface area contributed by atoms with Crippen LogP contribution in [0, 0.1) is 5.82 Å². The second-order valence-electron chi connectivity index (χ2n) is 10.6. The zero-order valence-electron chi connectivity index (χ0n) is 22.8. The number of carbonyl (C=O) groups is 2. The highest BCUT2D eigenvalue weighted by molar-refractivity contribution is 6.10. The van der Waals surface area contributed by atoms with Crippen LogP contribution in [0.1, 0.15) is 57.4 Å². The SMILES string of the molecule is CCCC[C@@H](CNC(=O)c1[nH]c2cc(-c3ccc(F)cc3)ccc2c1-c1ccncc1)NC(=O)OC(C)(C)C. The molecule has 39 heavy (non-hydrogen) atoms. The van der Waals surface area contributed by atoms with E-state index in [-0.39, 0.29) is 24.3 Å². The molecule has 2 amide bonds. The van der Waals surface area contributed by atoms with Gasteiger partial charge in [-0.15, -0.1) is 0 Å². The van der Waals surface area contributed by atoms with E-state index in [0.29, 0.717) is 12.1 Å². The summed E-state index contributed by atoms with van der Waals surface area (Å²) < 4.78 is 18.9. The maximum absolute atomic E-state index is 13.6. The number of rotatable bonds is 9. The molecular weight excluding hydrogens is 495 g/mol. The summed E-state index contributed by atoms with van der Waals surface area (Å²) in [6, 6.07) is 15.6. The Labute approximate surface area is 228 Å². The molecule has 0 unspecified atom stereocenters. The highest BCUT2D eigenvalue weighted by atomic mass is 19.1. The number of nitrogens with zero attached hydrogens (tertiary/aromatic N) is 1. The Bertz CT molecular complexity index is 1430. The second kappa shape index (κ2) is 12.1. The van der Waals surface area contributed by atoms with E-state index in [4.69, 9.17) is 4.74 Å². The Kier molecular flexibility index (Phi) is 8.64. The smallest absolute Gasteiger partial charge is 0.407 e. The predicted octanol–water partition coefficient (Wildman–Crippen LogP) is 6.85. The first-order chi connectivity index (χ1) is 18.6. The minimum absolute atomic E-state index is 0.254. The molecule has 0 aliphatic carbocycles. The lowest BCUT2D eigenvalue weighted by atomic mass is 9.99. The number of H-pyrrole nitrogens is 1. The number of aromatic amines is 1. The molecule has 204 valence electrons. The van der Waals surface area contributed by atoms with Crippen LogP contribution in [0.25, 0.3) is 33.2 Å². The number of ether oxygens (including phenoxy) is 1. The van der Waals surface area contributed by atoms with Crippen LogP contribution in [0.4, 0.5) is 9.18 Å². The van der Waals surface area contributed by atoms with Crippen molar-refractivity contribution < 1.29 is 18.7 Å². The van der Waals surface area contributed by atoms with E-state index in [2.05, 4.69) is 27.5 Å². The van der Waals surface area contributed by atoms with Crippen LogP contribution in [0.5, 0.6) is 0 Å². The third-order valence-electron chi connectivity index (χ3n) is 6.31. The Hall–Kier alpha value is -4.20. The van der Waals surface area contributed by atoms with E-state index in [1.807, 2.05) is 51.1 Å². The number of benzene rings is 2. The second-order valence-corrected chi connectivity index (χ2v) is 10.6. The van der Waals surface area contributed by atoms with Gasteiger partial charge in [0.2, 0.25) is 0 Å². The van der Waals surface area contributed by atoms with Gasteiger partial charge in [-0.1, -0.05) is 44.0 Å². The van der Waals surface area contributed by atoms with Crippen molar-refractivity contribution in [2.45, 2.75) is 58.6 Å². The van der Waals surface area contributed by atoms with E-state index in [1.165, 1.54) is 12.1 Å². The lowest BCUT2D eigenvalue weighted by Gasteiger charge is -2.24. The molecule has 0 bridgehead atoms. The Morgan fingerprint density at radius 3 is 2.36 bits per heavy atom. The van der Waals surface area contributed by atoms with E-state index in [0.717, 1.165) is 46.0 Å². The van der Waals surface area contributed by atoms with Gasteiger partial charge >= 0.3 is 6.09 Å². The van der Waals surface area contributed by atoms with Crippen molar-refractivity contribution in [2.24, 2.45) is 0 Å². The zero-order chi connectivity index (χ0) is 28.0. The lowest BCUT2D eigenvalue weighted by Crippen LogP contribution is -2.45. The van der Waals surface area contributed by atoms with E-state index >= 15 is 0 Å². The summed E-state index contributed by atoms with van der Waals surface area (Å²) in [6.07, 6.45) is 5.44. The maximum Gasteiger partial charge on any atom is 0.407 e.